The molecule has 0 spiro atoms. The Morgan fingerprint density at radius 1 is 0.773 bits per heavy atom. The molecule has 0 bridgehead atoms. The van der Waals surface area contributed by atoms with E-state index in [1.807, 2.05) is 0 Å². The molecule has 0 aromatic rings. The van der Waals surface area contributed by atoms with Gasteiger partial charge in [0.1, 0.15) is 6.10 Å². The maximum atomic E-state index is 11.7. The highest BCUT2D eigenvalue weighted by atomic mass is 16.4. The minimum atomic E-state index is -0.852. The van der Waals surface area contributed by atoms with Gasteiger partial charge in [0.15, 0.2) is 5.78 Å². The Hall–Kier alpha value is -0.900. The number of carboxylic acid groups (broad SMARTS) is 1. The number of ketones is 1. The average Bonchev–Trinajstić information content (AvgIpc) is 2.49. The fourth-order valence-electron chi connectivity index (χ4n) is 2.55. The number of hydrogen-bond acceptors (Lipinski definition) is 3. The summed E-state index contributed by atoms with van der Waals surface area (Å²) in [6, 6.07) is 0. The molecule has 0 aromatic carbocycles. The Balaban J connectivity index is 3.38. The van der Waals surface area contributed by atoms with Crippen molar-refractivity contribution in [3.05, 3.63) is 0 Å². The lowest BCUT2D eigenvalue weighted by Crippen LogP contribution is -2.19. The fraction of sp³-hybridized carbons (Fsp3) is 0.889. The van der Waals surface area contributed by atoms with Crippen molar-refractivity contribution >= 4 is 11.8 Å². The molecule has 0 heterocycles. The van der Waals surface area contributed by atoms with E-state index in [4.69, 9.17) is 5.11 Å². The predicted octanol–water partition coefficient (Wildman–Crippen LogP) is 4.48. The molecule has 1 unspecified atom stereocenters. The molecule has 0 radical (unpaired) electrons. The molecule has 4 heteroatoms. The molecule has 0 fully saturated rings. The van der Waals surface area contributed by atoms with E-state index in [2.05, 4.69) is 6.92 Å². The zero-order valence-electron chi connectivity index (χ0n) is 14.2. The average molecular weight is 314 g/mol. The number of carbonyl (C=O) groups is 2. The maximum absolute atomic E-state index is 11.7. The van der Waals surface area contributed by atoms with Crippen molar-refractivity contribution in [2.45, 2.75) is 103 Å². The van der Waals surface area contributed by atoms with E-state index in [0.29, 0.717) is 25.7 Å². The number of rotatable bonds is 16. The van der Waals surface area contributed by atoms with Gasteiger partial charge in [0.25, 0.3) is 0 Å². The van der Waals surface area contributed by atoms with Gasteiger partial charge < -0.3 is 10.2 Å². The number of carbonyl (C=O) groups excluding carboxylic acids is 1. The highest BCUT2D eigenvalue weighted by Gasteiger charge is 2.14. The molecule has 4 nitrogen and oxygen atoms in total. The second-order valence-corrected chi connectivity index (χ2v) is 6.20. The van der Waals surface area contributed by atoms with Crippen LogP contribution in [0.15, 0.2) is 0 Å². The van der Waals surface area contributed by atoms with Gasteiger partial charge in [-0.3, -0.25) is 9.59 Å². The summed E-state index contributed by atoms with van der Waals surface area (Å²) in [6.07, 6.45) is 12.1. The summed E-state index contributed by atoms with van der Waals surface area (Å²) >= 11 is 0. The third-order valence-electron chi connectivity index (χ3n) is 4.02. The van der Waals surface area contributed by atoms with E-state index >= 15 is 0 Å². The van der Waals surface area contributed by atoms with Crippen LogP contribution in [0.5, 0.6) is 0 Å². The first-order valence-electron chi connectivity index (χ1n) is 9.00. The summed E-state index contributed by atoms with van der Waals surface area (Å²) in [5, 5.41) is 18.3. The first-order chi connectivity index (χ1) is 10.6. The number of carboxylic acids is 1. The molecule has 0 aliphatic rings. The molecule has 22 heavy (non-hydrogen) atoms. The molecule has 0 saturated carbocycles. The minimum absolute atomic E-state index is 0.0988. The fourth-order valence-corrected chi connectivity index (χ4v) is 2.55. The molecule has 2 N–H and O–H groups in total. The van der Waals surface area contributed by atoms with Gasteiger partial charge in [-0.25, -0.2) is 0 Å². The van der Waals surface area contributed by atoms with Crippen LogP contribution in [-0.2, 0) is 9.59 Å². The van der Waals surface area contributed by atoms with E-state index in [1.54, 1.807) is 0 Å². The Bertz CT molecular complexity index is 289. The molecule has 0 amide bonds. The summed E-state index contributed by atoms with van der Waals surface area (Å²) in [6.45, 7) is 2.22. The SMILES string of the molecule is CCCCCCCCCCCC(O)C(=O)CCCCC(=O)O. The van der Waals surface area contributed by atoms with Crippen molar-refractivity contribution in [2.75, 3.05) is 0 Å². The summed E-state index contributed by atoms with van der Waals surface area (Å²) in [5.74, 6) is -0.965. The highest BCUT2D eigenvalue weighted by molar-refractivity contribution is 5.82. The second kappa shape index (κ2) is 15.0. The number of aliphatic hydroxyl groups excluding tert-OH is 1. The highest BCUT2D eigenvalue weighted by Crippen LogP contribution is 2.12. The Morgan fingerprint density at radius 3 is 1.82 bits per heavy atom. The van der Waals surface area contributed by atoms with Gasteiger partial charge in [0, 0.05) is 12.8 Å². The quantitative estimate of drug-likeness (QED) is 0.412. The van der Waals surface area contributed by atoms with Gasteiger partial charge in [-0.2, -0.15) is 0 Å². The number of unbranched alkanes of at least 4 members (excludes halogenated alkanes) is 9. The van der Waals surface area contributed by atoms with Crippen molar-refractivity contribution in [2.24, 2.45) is 0 Å². The molecular weight excluding hydrogens is 280 g/mol. The van der Waals surface area contributed by atoms with Gasteiger partial charge in [-0.1, -0.05) is 64.7 Å². The first-order valence-corrected chi connectivity index (χ1v) is 9.00. The van der Waals surface area contributed by atoms with Crippen molar-refractivity contribution in [1.82, 2.24) is 0 Å². The third kappa shape index (κ3) is 14.1. The number of Topliss-reactive ketones (excluding diaryl/α,β-unsaturated/α-hetero) is 1. The molecule has 0 aromatic heterocycles. The van der Waals surface area contributed by atoms with Crippen LogP contribution in [0.3, 0.4) is 0 Å². The van der Waals surface area contributed by atoms with Crippen molar-refractivity contribution in [3.8, 4) is 0 Å². The lowest BCUT2D eigenvalue weighted by atomic mass is 10.0. The number of hydrogen-bond donors (Lipinski definition) is 2. The number of aliphatic carboxylic acids is 1. The zero-order chi connectivity index (χ0) is 16.6. The minimum Gasteiger partial charge on any atom is -0.481 e. The third-order valence-corrected chi connectivity index (χ3v) is 4.02. The van der Waals surface area contributed by atoms with Crippen LogP contribution >= 0.6 is 0 Å². The van der Waals surface area contributed by atoms with E-state index in [1.165, 1.54) is 44.9 Å². The van der Waals surface area contributed by atoms with Crippen LogP contribution in [0.2, 0.25) is 0 Å². The molecule has 130 valence electrons. The standard InChI is InChI=1S/C18H34O4/c1-2-3-4-5-6-7-8-9-10-13-16(19)17(20)14-11-12-15-18(21)22/h16,19H,2-15H2,1H3,(H,21,22). The van der Waals surface area contributed by atoms with Crippen LogP contribution in [-0.4, -0.2) is 28.1 Å². The van der Waals surface area contributed by atoms with Crippen LogP contribution in [0.1, 0.15) is 96.8 Å². The molecule has 0 aliphatic carbocycles. The zero-order valence-corrected chi connectivity index (χ0v) is 14.2. The lowest BCUT2D eigenvalue weighted by Gasteiger charge is -2.09. The summed E-state index contributed by atoms with van der Waals surface area (Å²) < 4.78 is 0. The molecular formula is C18H34O4. The Kier molecular flexibility index (Phi) is 14.4. The van der Waals surface area contributed by atoms with E-state index < -0.39 is 12.1 Å². The predicted molar refractivity (Wildman–Crippen MR) is 89.0 cm³/mol. The van der Waals surface area contributed by atoms with E-state index in [9.17, 15) is 14.7 Å². The summed E-state index contributed by atoms with van der Waals surface area (Å²) in [5.41, 5.74) is 0. The molecule has 0 saturated heterocycles. The van der Waals surface area contributed by atoms with Gasteiger partial charge in [0.05, 0.1) is 0 Å². The maximum Gasteiger partial charge on any atom is 0.303 e. The van der Waals surface area contributed by atoms with Gasteiger partial charge >= 0.3 is 5.97 Å². The van der Waals surface area contributed by atoms with E-state index in [0.717, 1.165) is 12.8 Å². The van der Waals surface area contributed by atoms with Crippen molar-refractivity contribution in [3.63, 3.8) is 0 Å². The van der Waals surface area contributed by atoms with Crippen LogP contribution in [0.4, 0.5) is 0 Å². The van der Waals surface area contributed by atoms with Crippen molar-refractivity contribution < 1.29 is 19.8 Å². The van der Waals surface area contributed by atoms with Crippen molar-refractivity contribution in [1.29, 1.82) is 0 Å². The van der Waals surface area contributed by atoms with Gasteiger partial charge in [-0.15, -0.1) is 0 Å². The number of aliphatic hydroxyl groups is 1. The Morgan fingerprint density at radius 2 is 1.27 bits per heavy atom. The normalized spacial score (nSPS) is 12.3. The van der Waals surface area contributed by atoms with E-state index in [-0.39, 0.29) is 12.2 Å². The van der Waals surface area contributed by atoms with Gasteiger partial charge in [-0.05, 0) is 19.3 Å². The lowest BCUT2D eigenvalue weighted by molar-refractivity contribution is -0.137. The molecule has 0 rings (SSSR count). The summed E-state index contributed by atoms with van der Waals surface area (Å²) in [4.78, 5) is 22.0. The summed E-state index contributed by atoms with van der Waals surface area (Å²) in [7, 11) is 0. The molecule has 1 atom stereocenters. The van der Waals surface area contributed by atoms with Crippen LogP contribution in [0.25, 0.3) is 0 Å². The van der Waals surface area contributed by atoms with Gasteiger partial charge in [0.2, 0.25) is 0 Å². The largest absolute Gasteiger partial charge is 0.481 e. The van der Waals surface area contributed by atoms with Crippen LogP contribution < -0.4 is 0 Å². The molecule has 0 aliphatic heterocycles. The van der Waals surface area contributed by atoms with Crippen LogP contribution in [0, 0.1) is 0 Å². The monoisotopic (exact) mass is 314 g/mol. The second-order valence-electron chi connectivity index (χ2n) is 6.20. The Labute approximate surface area is 135 Å². The smallest absolute Gasteiger partial charge is 0.303 e. The first kappa shape index (κ1) is 21.1. The topological polar surface area (TPSA) is 74.6 Å².